The molecule has 1 aromatic carbocycles. The second-order valence-corrected chi connectivity index (χ2v) is 3.69. The predicted molar refractivity (Wildman–Crippen MR) is 49.9 cm³/mol. The molecule has 0 fully saturated rings. The number of halogens is 4. The molecule has 1 N–H and O–H groups in total. The Morgan fingerprint density at radius 3 is 2.43 bits per heavy atom. The van der Waals surface area contributed by atoms with Gasteiger partial charge in [-0.2, -0.15) is 13.2 Å². The minimum atomic E-state index is -4.37. The van der Waals surface area contributed by atoms with Crippen LogP contribution in [0.3, 0.4) is 0 Å². The van der Waals surface area contributed by atoms with Gasteiger partial charge >= 0.3 is 6.18 Å². The minimum absolute atomic E-state index is 0.0160. The summed E-state index contributed by atoms with van der Waals surface area (Å²) in [4.78, 5) is 0. The third-order valence-electron chi connectivity index (χ3n) is 1.76. The third kappa shape index (κ3) is 2.72. The molecule has 14 heavy (non-hydrogen) atoms. The Morgan fingerprint density at radius 1 is 1.29 bits per heavy atom. The van der Waals surface area contributed by atoms with Crippen molar-refractivity contribution in [3.63, 3.8) is 0 Å². The van der Waals surface area contributed by atoms with Gasteiger partial charge in [0, 0.05) is 11.1 Å². The van der Waals surface area contributed by atoms with Crippen molar-refractivity contribution in [2.75, 3.05) is 6.61 Å². The summed E-state index contributed by atoms with van der Waals surface area (Å²) in [5.74, 6) is 0. The molecule has 78 valence electrons. The van der Waals surface area contributed by atoms with Crippen molar-refractivity contribution in [3.05, 3.63) is 33.8 Å². The highest BCUT2D eigenvalue weighted by Crippen LogP contribution is 2.33. The summed E-state index contributed by atoms with van der Waals surface area (Å²) in [7, 11) is 0. The number of aliphatic hydroxyl groups is 1. The largest absolute Gasteiger partial charge is 0.416 e. The lowest BCUT2D eigenvalue weighted by molar-refractivity contribution is -0.138. The van der Waals surface area contributed by atoms with E-state index < -0.39 is 11.7 Å². The van der Waals surface area contributed by atoms with Crippen molar-refractivity contribution in [3.8, 4) is 0 Å². The van der Waals surface area contributed by atoms with E-state index in [1.165, 1.54) is 12.1 Å². The van der Waals surface area contributed by atoms with Gasteiger partial charge in [-0.1, -0.05) is 22.0 Å². The average Bonchev–Trinajstić information content (AvgIpc) is 2.07. The summed E-state index contributed by atoms with van der Waals surface area (Å²) in [5.41, 5.74) is -0.580. The maximum absolute atomic E-state index is 12.4. The van der Waals surface area contributed by atoms with Gasteiger partial charge in [0.05, 0.1) is 5.56 Å². The van der Waals surface area contributed by atoms with Gasteiger partial charge in [0.1, 0.15) is 0 Å². The summed E-state index contributed by atoms with van der Waals surface area (Å²) in [6, 6.07) is 3.91. The van der Waals surface area contributed by atoms with Crippen molar-refractivity contribution in [1.29, 1.82) is 0 Å². The maximum Gasteiger partial charge on any atom is 0.416 e. The monoisotopic (exact) mass is 268 g/mol. The Labute approximate surface area is 87.7 Å². The summed E-state index contributed by atoms with van der Waals surface area (Å²) >= 11 is 2.98. The number of rotatable bonds is 2. The summed E-state index contributed by atoms with van der Waals surface area (Å²) < 4.78 is 37.7. The molecule has 0 saturated carbocycles. The molecule has 1 rings (SSSR count). The maximum atomic E-state index is 12.4. The van der Waals surface area contributed by atoms with Gasteiger partial charge in [-0.15, -0.1) is 0 Å². The van der Waals surface area contributed by atoms with Gasteiger partial charge in [-0.05, 0) is 24.1 Å². The standard InChI is InChI=1S/C9H8BrF3O/c10-7-2-1-6(3-4-14)8(5-7)9(11,12)13/h1-2,5,14H,3-4H2. The smallest absolute Gasteiger partial charge is 0.396 e. The summed E-state index contributed by atoms with van der Waals surface area (Å²) in [5, 5.41) is 8.60. The summed E-state index contributed by atoms with van der Waals surface area (Å²) in [6.45, 7) is -0.287. The Bertz CT molecular complexity index is 322. The lowest BCUT2D eigenvalue weighted by Gasteiger charge is -2.12. The third-order valence-corrected chi connectivity index (χ3v) is 2.25. The van der Waals surface area contributed by atoms with Crippen LogP contribution in [-0.4, -0.2) is 11.7 Å². The zero-order valence-corrected chi connectivity index (χ0v) is 8.69. The van der Waals surface area contributed by atoms with E-state index in [0.29, 0.717) is 4.47 Å². The van der Waals surface area contributed by atoms with Gasteiger partial charge in [-0.25, -0.2) is 0 Å². The number of hydrogen-bond acceptors (Lipinski definition) is 1. The van der Waals surface area contributed by atoms with Crippen LogP contribution in [0.4, 0.5) is 13.2 Å². The van der Waals surface area contributed by atoms with E-state index in [9.17, 15) is 13.2 Å². The van der Waals surface area contributed by atoms with E-state index >= 15 is 0 Å². The molecule has 0 spiro atoms. The molecular weight excluding hydrogens is 261 g/mol. The van der Waals surface area contributed by atoms with Crippen LogP contribution < -0.4 is 0 Å². The van der Waals surface area contributed by atoms with Crippen LogP contribution >= 0.6 is 15.9 Å². The van der Waals surface area contributed by atoms with E-state index in [2.05, 4.69) is 15.9 Å². The van der Waals surface area contributed by atoms with Gasteiger partial charge in [-0.3, -0.25) is 0 Å². The molecule has 0 saturated heterocycles. The molecular formula is C9H8BrF3O. The first-order valence-corrected chi connectivity index (χ1v) is 4.71. The molecule has 0 aliphatic heterocycles. The molecule has 0 amide bonds. The molecule has 1 aromatic rings. The number of benzene rings is 1. The molecule has 0 aromatic heterocycles. The summed E-state index contributed by atoms with van der Waals surface area (Å²) in [6.07, 6.45) is -4.35. The molecule has 0 heterocycles. The van der Waals surface area contributed by atoms with E-state index in [4.69, 9.17) is 5.11 Å². The Morgan fingerprint density at radius 2 is 1.93 bits per heavy atom. The highest BCUT2D eigenvalue weighted by molar-refractivity contribution is 9.10. The van der Waals surface area contributed by atoms with Gasteiger partial charge in [0.25, 0.3) is 0 Å². The fraction of sp³-hybridized carbons (Fsp3) is 0.333. The highest BCUT2D eigenvalue weighted by Gasteiger charge is 2.33. The van der Waals surface area contributed by atoms with Crippen LogP contribution in [0.25, 0.3) is 0 Å². The molecule has 0 aliphatic rings. The van der Waals surface area contributed by atoms with E-state index in [0.717, 1.165) is 6.07 Å². The number of alkyl halides is 3. The quantitative estimate of drug-likeness (QED) is 0.875. The first-order valence-electron chi connectivity index (χ1n) is 3.91. The normalized spacial score (nSPS) is 11.8. The van der Waals surface area contributed by atoms with Crippen molar-refractivity contribution in [2.24, 2.45) is 0 Å². The lowest BCUT2D eigenvalue weighted by atomic mass is 10.0. The van der Waals surface area contributed by atoms with Crippen molar-refractivity contribution in [1.82, 2.24) is 0 Å². The Kier molecular flexibility index (Phi) is 3.55. The van der Waals surface area contributed by atoms with Gasteiger partial charge in [0.2, 0.25) is 0 Å². The molecule has 1 nitrogen and oxygen atoms in total. The second kappa shape index (κ2) is 4.31. The first kappa shape index (κ1) is 11.5. The SMILES string of the molecule is OCCc1ccc(Br)cc1C(F)(F)F. The fourth-order valence-electron chi connectivity index (χ4n) is 1.15. The molecule has 0 unspecified atom stereocenters. The van der Waals surface area contributed by atoms with Crippen LogP contribution in [0.1, 0.15) is 11.1 Å². The van der Waals surface area contributed by atoms with Gasteiger partial charge in [0.15, 0.2) is 0 Å². The van der Waals surface area contributed by atoms with Crippen LogP contribution in [0, 0.1) is 0 Å². The van der Waals surface area contributed by atoms with Gasteiger partial charge < -0.3 is 5.11 Å². The molecule has 5 heteroatoms. The molecule has 0 atom stereocenters. The number of hydrogen-bond donors (Lipinski definition) is 1. The fourth-order valence-corrected chi connectivity index (χ4v) is 1.51. The Hall–Kier alpha value is -0.550. The average molecular weight is 269 g/mol. The topological polar surface area (TPSA) is 20.2 Å². The predicted octanol–water partition coefficient (Wildman–Crippen LogP) is 3.00. The second-order valence-electron chi connectivity index (χ2n) is 2.77. The van der Waals surface area contributed by atoms with Crippen molar-refractivity contribution in [2.45, 2.75) is 12.6 Å². The zero-order chi connectivity index (χ0) is 10.8. The van der Waals surface area contributed by atoms with E-state index in [-0.39, 0.29) is 18.6 Å². The lowest BCUT2D eigenvalue weighted by Crippen LogP contribution is -2.10. The van der Waals surface area contributed by atoms with Crippen molar-refractivity contribution >= 4 is 15.9 Å². The molecule has 0 bridgehead atoms. The van der Waals surface area contributed by atoms with Crippen LogP contribution in [0.2, 0.25) is 0 Å². The van der Waals surface area contributed by atoms with Crippen LogP contribution in [0.15, 0.2) is 22.7 Å². The van der Waals surface area contributed by atoms with Crippen LogP contribution in [0.5, 0.6) is 0 Å². The molecule has 0 radical (unpaired) electrons. The van der Waals surface area contributed by atoms with Crippen LogP contribution in [-0.2, 0) is 12.6 Å². The zero-order valence-electron chi connectivity index (χ0n) is 7.11. The molecule has 0 aliphatic carbocycles. The minimum Gasteiger partial charge on any atom is -0.396 e. The van der Waals surface area contributed by atoms with Crippen molar-refractivity contribution < 1.29 is 18.3 Å². The number of aliphatic hydroxyl groups excluding tert-OH is 1. The Balaban J connectivity index is 3.16. The van der Waals surface area contributed by atoms with E-state index in [1.54, 1.807) is 0 Å². The first-order chi connectivity index (χ1) is 6.45. The highest BCUT2D eigenvalue weighted by atomic mass is 79.9. The van der Waals surface area contributed by atoms with E-state index in [1.807, 2.05) is 0 Å².